The molecule has 8 nitrogen and oxygen atoms in total. The van der Waals surface area contributed by atoms with E-state index in [1.807, 2.05) is 21.1 Å². The van der Waals surface area contributed by atoms with Crippen LogP contribution in [0.1, 0.15) is 187 Å². The molecule has 0 amide bonds. The smallest absolute Gasteiger partial charge is 0.362 e. The highest BCUT2D eigenvalue weighted by Crippen LogP contribution is 2.13. The van der Waals surface area contributed by atoms with Crippen LogP contribution < -0.4 is 0 Å². The van der Waals surface area contributed by atoms with Gasteiger partial charge in [-0.15, -0.1) is 0 Å². The summed E-state index contributed by atoms with van der Waals surface area (Å²) in [5.41, 5.74) is 0. The number of ether oxygens (including phenoxy) is 3. The third-order valence-electron chi connectivity index (χ3n) is 9.76. The molecule has 0 radical (unpaired) electrons. The van der Waals surface area contributed by atoms with Gasteiger partial charge < -0.3 is 23.8 Å². The van der Waals surface area contributed by atoms with Crippen LogP contribution in [0.5, 0.6) is 0 Å². The molecule has 0 heterocycles. The second-order valence-corrected chi connectivity index (χ2v) is 15.9. The molecule has 0 aliphatic heterocycles. The Kier molecular flexibility index (Phi) is 35.8. The Hall–Kier alpha value is -2.45. The molecule has 0 aromatic rings. The molecule has 0 aromatic heterocycles. The molecule has 2 atom stereocenters. The highest BCUT2D eigenvalue weighted by atomic mass is 16.6. The number of likely N-dealkylation sites (N-methyl/N-ethyl adjacent to an activating group) is 1. The van der Waals surface area contributed by atoms with Crippen LogP contribution in [0.3, 0.4) is 0 Å². The Morgan fingerprint density at radius 1 is 0.556 bits per heavy atom. The first kappa shape index (κ1) is 51.5. The second-order valence-electron chi connectivity index (χ2n) is 15.9. The molecular weight excluding hydrogens is 679 g/mol. The predicted octanol–water partition coefficient (Wildman–Crippen LogP) is 11.9. The molecule has 0 aliphatic carbocycles. The lowest BCUT2D eigenvalue weighted by Crippen LogP contribution is -2.50. The van der Waals surface area contributed by atoms with Crippen molar-refractivity contribution >= 4 is 17.9 Å². The highest BCUT2D eigenvalue weighted by Gasteiger charge is 2.31. The van der Waals surface area contributed by atoms with Crippen molar-refractivity contribution in [1.29, 1.82) is 0 Å². The SMILES string of the molecule is CCCCC/C=C\C/C=C\CCCCCCCC(=O)OC(COCCC(C(=O)O)[N+](C)(C)C)COC(=O)CCCCCCC/C=C\CCCCCCCC. The van der Waals surface area contributed by atoms with Gasteiger partial charge in [-0.1, -0.05) is 134 Å². The van der Waals surface area contributed by atoms with E-state index in [1.54, 1.807) is 0 Å². The molecule has 0 aliphatic rings. The van der Waals surface area contributed by atoms with Crippen LogP contribution in [0.25, 0.3) is 0 Å². The third kappa shape index (κ3) is 35.3. The Labute approximate surface area is 332 Å². The molecule has 314 valence electrons. The first-order valence-corrected chi connectivity index (χ1v) is 22.0. The maximum atomic E-state index is 12.7. The van der Waals surface area contributed by atoms with E-state index in [4.69, 9.17) is 14.2 Å². The van der Waals surface area contributed by atoms with Crippen molar-refractivity contribution < 1.29 is 38.2 Å². The van der Waals surface area contributed by atoms with Gasteiger partial charge in [-0.25, -0.2) is 4.79 Å². The normalized spacial score (nSPS) is 13.3. The number of allylic oxidation sites excluding steroid dienone is 6. The summed E-state index contributed by atoms with van der Waals surface area (Å²) in [6.07, 6.45) is 41.8. The molecule has 0 saturated heterocycles. The number of hydrogen-bond acceptors (Lipinski definition) is 6. The maximum absolute atomic E-state index is 12.7. The lowest BCUT2D eigenvalue weighted by atomic mass is 10.1. The number of unbranched alkanes of at least 4 members (excludes halogenated alkanes) is 19. The quantitative estimate of drug-likeness (QED) is 0.0288. The molecule has 0 fully saturated rings. The van der Waals surface area contributed by atoms with Gasteiger partial charge in [0.2, 0.25) is 0 Å². The maximum Gasteiger partial charge on any atom is 0.362 e. The van der Waals surface area contributed by atoms with E-state index >= 15 is 0 Å². The molecular formula is C46H84NO7+. The lowest BCUT2D eigenvalue weighted by molar-refractivity contribution is -0.887. The molecule has 0 spiro atoms. The van der Waals surface area contributed by atoms with Crippen LogP contribution in [-0.2, 0) is 28.6 Å². The van der Waals surface area contributed by atoms with Gasteiger partial charge in [0.05, 0.1) is 34.4 Å². The van der Waals surface area contributed by atoms with Crippen LogP contribution in [0.2, 0.25) is 0 Å². The molecule has 0 bridgehead atoms. The van der Waals surface area contributed by atoms with Crippen molar-refractivity contribution in [2.45, 2.75) is 199 Å². The fourth-order valence-electron chi connectivity index (χ4n) is 6.29. The summed E-state index contributed by atoms with van der Waals surface area (Å²) < 4.78 is 17.3. The summed E-state index contributed by atoms with van der Waals surface area (Å²) in [5.74, 6) is -1.49. The number of carbonyl (C=O) groups excluding carboxylic acids is 2. The topological polar surface area (TPSA) is 99.1 Å². The van der Waals surface area contributed by atoms with E-state index in [1.165, 1.54) is 77.0 Å². The van der Waals surface area contributed by atoms with Crippen molar-refractivity contribution in [2.24, 2.45) is 0 Å². The largest absolute Gasteiger partial charge is 0.477 e. The number of hydrogen-bond donors (Lipinski definition) is 1. The first-order valence-electron chi connectivity index (χ1n) is 22.0. The number of rotatable bonds is 39. The molecule has 54 heavy (non-hydrogen) atoms. The monoisotopic (exact) mass is 763 g/mol. The average Bonchev–Trinajstić information content (AvgIpc) is 3.12. The van der Waals surface area contributed by atoms with E-state index in [9.17, 15) is 19.5 Å². The van der Waals surface area contributed by atoms with Crippen LogP contribution in [0, 0.1) is 0 Å². The van der Waals surface area contributed by atoms with Crippen molar-refractivity contribution in [3.63, 3.8) is 0 Å². The Morgan fingerprint density at radius 3 is 1.48 bits per heavy atom. The van der Waals surface area contributed by atoms with E-state index < -0.39 is 18.1 Å². The van der Waals surface area contributed by atoms with E-state index in [2.05, 4.69) is 50.3 Å². The molecule has 2 unspecified atom stereocenters. The van der Waals surface area contributed by atoms with Gasteiger partial charge in [-0.3, -0.25) is 9.59 Å². The summed E-state index contributed by atoms with van der Waals surface area (Å²) in [4.78, 5) is 36.9. The minimum atomic E-state index is -0.879. The Morgan fingerprint density at radius 2 is 0.981 bits per heavy atom. The first-order chi connectivity index (χ1) is 26.1. The van der Waals surface area contributed by atoms with Gasteiger partial charge in [-0.2, -0.15) is 0 Å². The third-order valence-corrected chi connectivity index (χ3v) is 9.76. The predicted molar refractivity (Wildman–Crippen MR) is 225 cm³/mol. The van der Waals surface area contributed by atoms with Crippen LogP contribution >= 0.6 is 0 Å². The highest BCUT2D eigenvalue weighted by molar-refractivity contribution is 5.72. The fraction of sp³-hybridized carbons (Fsp3) is 0.804. The zero-order valence-corrected chi connectivity index (χ0v) is 35.7. The number of esters is 2. The number of quaternary nitrogens is 1. The minimum Gasteiger partial charge on any atom is -0.477 e. The van der Waals surface area contributed by atoms with Crippen molar-refractivity contribution in [3.8, 4) is 0 Å². The molecule has 0 rings (SSSR count). The number of aliphatic carboxylic acids is 1. The molecule has 0 aromatic carbocycles. The zero-order valence-electron chi connectivity index (χ0n) is 35.7. The minimum absolute atomic E-state index is 0.0536. The molecule has 1 N–H and O–H groups in total. The van der Waals surface area contributed by atoms with Crippen molar-refractivity contribution in [3.05, 3.63) is 36.5 Å². The molecule has 0 saturated carbocycles. The summed E-state index contributed by atoms with van der Waals surface area (Å²) >= 11 is 0. The number of carbonyl (C=O) groups is 3. The van der Waals surface area contributed by atoms with Gasteiger partial charge in [0.25, 0.3) is 0 Å². The summed E-state index contributed by atoms with van der Waals surface area (Å²) in [6, 6.07) is -0.617. The van der Waals surface area contributed by atoms with Gasteiger partial charge in [0.1, 0.15) is 6.61 Å². The van der Waals surface area contributed by atoms with Crippen molar-refractivity contribution in [1.82, 2.24) is 0 Å². The van der Waals surface area contributed by atoms with Crippen molar-refractivity contribution in [2.75, 3.05) is 41.0 Å². The van der Waals surface area contributed by atoms with Crippen LogP contribution in [0.15, 0.2) is 36.5 Å². The van der Waals surface area contributed by atoms with Crippen LogP contribution in [-0.4, -0.2) is 80.6 Å². The molecule has 8 heteroatoms. The Bertz CT molecular complexity index is 984. The van der Waals surface area contributed by atoms with Gasteiger partial charge in [0, 0.05) is 19.3 Å². The summed E-state index contributed by atoms with van der Waals surface area (Å²) in [6.45, 7) is 4.68. The van der Waals surface area contributed by atoms with Gasteiger partial charge in [-0.05, 0) is 70.6 Å². The van der Waals surface area contributed by atoms with E-state index in [0.717, 1.165) is 77.0 Å². The zero-order chi connectivity index (χ0) is 40.0. The number of carboxylic acid groups (broad SMARTS) is 1. The average molecular weight is 763 g/mol. The standard InChI is InChI=1S/C46H83NO7/c1-6-8-10-12-14-16-18-20-22-24-26-28-30-32-34-36-44(48)53-41-42(40-52-39-38-43(46(50)51)47(3,4)5)54-45(49)37-35-33-31-29-27-25-23-21-19-17-15-13-11-9-7-2/h15,17,20-23,42-43H,6-14,16,18-19,24-41H2,1-5H3/p+1/b17-15-,22-20-,23-21-. The van der Waals surface area contributed by atoms with E-state index in [-0.39, 0.29) is 36.2 Å². The second kappa shape index (κ2) is 37.5. The van der Waals surface area contributed by atoms with Gasteiger partial charge >= 0.3 is 17.9 Å². The fourth-order valence-corrected chi connectivity index (χ4v) is 6.29. The van der Waals surface area contributed by atoms with Gasteiger partial charge in [0.15, 0.2) is 12.1 Å². The van der Waals surface area contributed by atoms with E-state index in [0.29, 0.717) is 19.3 Å². The Balaban J connectivity index is 4.39. The summed E-state index contributed by atoms with van der Waals surface area (Å²) in [5, 5.41) is 9.61. The van der Waals surface area contributed by atoms with Crippen LogP contribution in [0.4, 0.5) is 0 Å². The number of nitrogens with zero attached hydrogens (tertiary/aromatic N) is 1. The summed E-state index contributed by atoms with van der Waals surface area (Å²) in [7, 11) is 5.52. The number of carboxylic acids is 1. The lowest BCUT2D eigenvalue weighted by Gasteiger charge is -2.31.